The molecule has 32 heavy (non-hydrogen) atoms. The summed E-state index contributed by atoms with van der Waals surface area (Å²) in [5, 5.41) is 9.28. The molecule has 0 aliphatic carbocycles. The van der Waals surface area contributed by atoms with Crippen molar-refractivity contribution in [2.45, 2.75) is 24.5 Å². The second-order valence-corrected chi connectivity index (χ2v) is 8.28. The van der Waals surface area contributed by atoms with Crippen molar-refractivity contribution in [3.8, 4) is 17.1 Å². The summed E-state index contributed by atoms with van der Waals surface area (Å²) in [6.45, 7) is 5.09. The van der Waals surface area contributed by atoms with Gasteiger partial charge in [-0.25, -0.2) is 0 Å². The van der Waals surface area contributed by atoms with Crippen molar-refractivity contribution >= 4 is 29.1 Å². The van der Waals surface area contributed by atoms with E-state index in [-0.39, 0.29) is 17.4 Å². The third kappa shape index (κ3) is 4.60. The monoisotopic (exact) mass is 448 g/mol. The molecule has 1 aromatic heterocycles. The van der Waals surface area contributed by atoms with Crippen molar-refractivity contribution in [2.24, 2.45) is 0 Å². The SMILES string of the molecule is C=CCn1c(SCC(=O)c2ccc(N3CCCC3=O)cc2)nnc1-c1ccc(OC)cc1. The van der Waals surface area contributed by atoms with Crippen molar-refractivity contribution in [3.05, 3.63) is 66.7 Å². The van der Waals surface area contributed by atoms with E-state index in [2.05, 4.69) is 16.8 Å². The van der Waals surface area contributed by atoms with Crippen LogP contribution in [0.25, 0.3) is 11.4 Å². The quantitative estimate of drug-likeness (QED) is 0.277. The average molecular weight is 449 g/mol. The van der Waals surface area contributed by atoms with Gasteiger partial charge in [0.25, 0.3) is 0 Å². The lowest BCUT2D eigenvalue weighted by Gasteiger charge is -2.15. The number of aromatic nitrogens is 3. The fraction of sp³-hybridized carbons (Fsp3) is 0.250. The lowest BCUT2D eigenvalue weighted by molar-refractivity contribution is -0.117. The number of ketones is 1. The number of nitrogens with zero attached hydrogens (tertiary/aromatic N) is 4. The molecule has 1 aliphatic rings. The maximum atomic E-state index is 12.7. The summed E-state index contributed by atoms with van der Waals surface area (Å²) in [5.41, 5.74) is 2.36. The Labute approximate surface area is 191 Å². The van der Waals surface area contributed by atoms with E-state index in [1.54, 1.807) is 30.2 Å². The number of amides is 1. The average Bonchev–Trinajstić information content (AvgIpc) is 3.44. The van der Waals surface area contributed by atoms with Crippen LogP contribution in [0.3, 0.4) is 0 Å². The standard InChI is InChI=1S/C24H24N4O3S/c1-3-14-28-23(18-8-12-20(31-2)13-9-18)25-26-24(28)32-16-21(29)17-6-10-19(11-7-17)27-15-4-5-22(27)30/h3,6-13H,1,4-5,14-16H2,2H3. The molecule has 8 heteroatoms. The van der Waals surface area contributed by atoms with Crippen molar-refractivity contribution < 1.29 is 14.3 Å². The molecule has 4 rings (SSSR count). The summed E-state index contributed by atoms with van der Waals surface area (Å²) in [6, 6.07) is 14.8. The van der Waals surface area contributed by atoms with E-state index in [1.165, 1.54) is 11.8 Å². The Hall–Kier alpha value is -3.39. The van der Waals surface area contributed by atoms with Gasteiger partial charge >= 0.3 is 0 Å². The molecule has 164 valence electrons. The highest BCUT2D eigenvalue weighted by molar-refractivity contribution is 7.99. The van der Waals surface area contributed by atoms with Gasteiger partial charge in [0.05, 0.1) is 12.9 Å². The molecule has 3 aromatic rings. The Balaban J connectivity index is 1.45. The molecule has 7 nitrogen and oxygen atoms in total. The fourth-order valence-electron chi connectivity index (χ4n) is 3.60. The highest BCUT2D eigenvalue weighted by atomic mass is 32.2. The van der Waals surface area contributed by atoms with Crippen molar-refractivity contribution in [1.29, 1.82) is 0 Å². The van der Waals surface area contributed by atoms with Gasteiger partial charge in [-0.2, -0.15) is 0 Å². The number of hydrogen-bond donors (Lipinski definition) is 0. The van der Waals surface area contributed by atoms with Crippen LogP contribution in [0.4, 0.5) is 5.69 Å². The highest BCUT2D eigenvalue weighted by Gasteiger charge is 2.22. The number of thioether (sulfide) groups is 1. The van der Waals surface area contributed by atoms with Crippen molar-refractivity contribution in [1.82, 2.24) is 14.8 Å². The van der Waals surface area contributed by atoms with Crippen LogP contribution in [0.2, 0.25) is 0 Å². The summed E-state index contributed by atoms with van der Waals surface area (Å²) in [4.78, 5) is 26.4. The number of ether oxygens (including phenoxy) is 1. The van der Waals surface area contributed by atoms with E-state index < -0.39 is 0 Å². The number of carbonyl (C=O) groups excluding carboxylic acids is 2. The predicted octanol–water partition coefficient (Wildman–Crippen LogP) is 4.24. The molecule has 0 saturated carbocycles. The van der Waals surface area contributed by atoms with Gasteiger partial charge in [0, 0.05) is 36.3 Å². The van der Waals surface area contributed by atoms with Gasteiger partial charge in [0.2, 0.25) is 5.91 Å². The topological polar surface area (TPSA) is 77.3 Å². The van der Waals surface area contributed by atoms with E-state index >= 15 is 0 Å². The number of carbonyl (C=O) groups is 2. The number of allylic oxidation sites excluding steroid dienone is 1. The molecule has 1 fully saturated rings. The van der Waals surface area contributed by atoms with Crippen LogP contribution in [-0.4, -0.2) is 45.9 Å². The number of Topliss-reactive ketones (excluding diaryl/α,β-unsaturated/α-hetero) is 1. The Bertz CT molecular complexity index is 1120. The normalized spacial score (nSPS) is 13.4. The maximum Gasteiger partial charge on any atom is 0.227 e. The van der Waals surface area contributed by atoms with Gasteiger partial charge in [-0.3, -0.25) is 14.2 Å². The van der Waals surface area contributed by atoms with E-state index in [0.717, 1.165) is 30.0 Å². The summed E-state index contributed by atoms with van der Waals surface area (Å²) in [7, 11) is 1.63. The van der Waals surface area contributed by atoms with Gasteiger partial charge in [-0.05, 0) is 55.0 Å². The molecule has 0 spiro atoms. The van der Waals surface area contributed by atoms with Crippen LogP contribution in [0.5, 0.6) is 5.75 Å². The lowest BCUT2D eigenvalue weighted by atomic mass is 10.1. The van der Waals surface area contributed by atoms with Crippen LogP contribution in [-0.2, 0) is 11.3 Å². The minimum atomic E-state index is -0.00607. The molecule has 0 bridgehead atoms. The van der Waals surface area contributed by atoms with Crippen molar-refractivity contribution in [2.75, 3.05) is 24.3 Å². The number of benzene rings is 2. The molecular weight excluding hydrogens is 424 g/mol. The smallest absolute Gasteiger partial charge is 0.227 e. The van der Waals surface area contributed by atoms with E-state index in [4.69, 9.17) is 4.74 Å². The van der Waals surface area contributed by atoms with Crippen LogP contribution >= 0.6 is 11.8 Å². The second kappa shape index (κ2) is 9.82. The molecular formula is C24H24N4O3S. The zero-order valence-electron chi connectivity index (χ0n) is 17.9. The minimum absolute atomic E-state index is 0.00607. The van der Waals surface area contributed by atoms with Gasteiger partial charge in [0.15, 0.2) is 16.8 Å². The summed E-state index contributed by atoms with van der Waals surface area (Å²) >= 11 is 1.35. The molecule has 0 N–H and O–H groups in total. The predicted molar refractivity (Wildman–Crippen MR) is 125 cm³/mol. The first-order valence-electron chi connectivity index (χ1n) is 10.4. The third-order valence-electron chi connectivity index (χ3n) is 5.28. The Morgan fingerprint density at radius 2 is 1.91 bits per heavy atom. The van der Waals surface area contributed by atoms with Crippen molar-refractivity contribution in [3.63, 3.8) is 0 Å². The van der Waals surface area contributed by atoms with Gasteiger partial charge in [0.1, 0.15) is 5.75 Å². The van der Waals surface area contributed by atoms with E-state index in [0.29, 0.717) is 29.5 Å². The highest BCUT2D eigenvalue weighted by Crippen LogP contribution is 2.27. The van der Waals surface area contributed by atoms with Crippen LogP contribution in [0.1, 0.15) is 23.2 Å². The number of hydrogen-bond acceptors (Lipinski definition) is 6. The summed E-state index contributed by atoms with van der Waals surface area (Å²) < 4.78 is 7.16. The Kier molecular flexibility index (Phi) is 6.70. The van der Waals surface area contributed by atoms with Crippen LogP contribution in [0.15, 0.2) is 66.3 Å². The molecule has 1 aliphatic heterocycles. The first-order valence-corrected chi connectivity index (χ1v) is 11.3. The fourth-order valence-corrected chi connectivity index (χ4v) is 4.45. The molecule has 2 aromatic carbocycles. The molecule has 1 amide bonds. The largest absolute Gasteiger partial charge is 0.497 e. The van der Waals surface area contributed by atoms with E-state index in [1.807, 2.05) is 41.0 Å². The van der Waals surface area contributed by atoms with Crippen LogP contribution < -0.4 is 9.64 Å². The molecule has 0 unspecified atom stereocenters. The minimum Gasteiger partial charge on any atom is -0.497 e. The number of rotatable bonds is 9. The zero-order valence-corrected chi connectivity index (χ0v) is 18.7. The molecule has 0 radical (unpaired) electrons. The number of methoxy groups -OCH3 is 1. The van der Waals surface area contributed by atoms with Gasteiger partial charge in [-0.1, -0.05) is 17.8 Å². The Morgan fingerprint density at radius 1 is 1.16 bits per heavy atom. The number of anilines is 1. The first-order chi connectivity index (χ1) is 15.6. The zero-order chi connectivity index (χ0) is 22.5. The first kappa shape index (κ1) is 21.8. The summed E-state index contributed by atoms with van der Waals surface area (Å²) in [6.07, 6.45) is 3.24. The van der Waals surface area contributed by atoms with Crippen LogP contribution in [0, 0.1) is 0 Å². The second-order valence-electron chi connectivity index (χ2n) is 7.34. The van der Waals surface area contributed by atoms with Gasteiger partial charge < -0.3 is 9.64 Å². The van der Waals surface area contributed by atoms with E-state index in [9.17, 15) is 9.59 Å². The summed E-state index contributed by atoms with van der Waals surface area (Å²) in [5.74, 6) is 1.84. The maximum absolute atomic E-state index is 12.7. The molecule has 2 heterocycles. The third-order valence-corrected chi connectivity index (χ3v) is 6.25. The Morgan fingerprint density at radius 3 is 2.53 bits per heavy atom. The molecule has 0 atom stereocenters. The lowest BCUT2D eigenvalue weighted by Crippen LogP contribution is -2.23. The van der Waals surface area contributed by atoms with Gasteiger partial charge in [-0.15, -0.1) is 16.8 Å². The molecule has 1 saturated heterocycles.